The summed E-state index contributed by atoms with van der Waals surface area (Å²) in [4.78, 5) is 15.7. The number of aromatic nitrogens is 1. The van der Waals surface area contributed by atoms with Gasteiger partial charge in [0.2, 0.25) is 0 Å². The minimum absolute atomic E-state index is 0.0289. The van der Waals surface area contributed by atoms with Gasteiger partial charge < -0.3 is 15.5 Å². The maximum atomic E-state index is 11.9. The molecule has 92 valence electrons. The molecule has 1 aromatic carbocycles. The van der Waals surface area contributed by atoms with Gasteiger partial charge in [-0.3, -0.25) is 4.79 Å². The van der Waals surface area contributed by atoms with E-state index in [1.807, 2.05) is 0 Å². The maximum absolute atomic E-state index is 11.9. The zero-order valence-corrected chi connectivity index (χ0v) is 9.71. The van der Waals surface area contributed by atoms with Crippen molar-refractivity contribution >= 4 is 11.6 Å². The number of phenols is 1. The van der Waals surface area contributed by atoms with Crippen LogP contribution in [0.1, 0.15) is 16.1 Å². The molecule has 0 unspecified atom stereocenters. The molecule has 0 aliphatic heterocycles. The van der Waals surface area contributed by atoms with Gasteiger partial charge in [-0.25, -0.2) is 4.98 Å². The van der Waals surface area contributed by atoms with Crippen LogP contribution in [-0.2, 0) is 0 Å². The van der Waals surface area contributed by atoms with Gasteiger partial charge in [0.25, 0.3) is 5.91 Å². The number of rotatable bonds is 2. The Morgan fingerprint density at radius 3 is 2.56 bits per heavy atom. The fraction of sp³-hybridized carbons (Fsp3) is 0.0769. The quantitative estimate of drug-likeness (QED) is 0.706. The molecule has 2 aromatic rings. The smallest absolute Gasteiger partial charge is 0.278 e. The number of amides is 1. The third-order valence-electron chi connectivity index (χ3n) is 2.49. The van der Waals surface area contributed by atoms with Crippen LogP contribution in [0.15, 0.2) is 36.5 Å². The molecule has 1 amide bonds. The number of nitrogens with zero attached hydrogens (tertiary/aromatic N) is 1. The minimum atomic E-state index is -0.572. The summed E-state index contributed by atoms with van der Waals surface area (Å²) in [5, 5.41) is 21.7. The number of nitrogens with one attached hydrogen (secondary N) is 1. The van der Waals surface area contributed by atoms with Crippen LogP contribution in [0.25, 0.3) is 0 Å². The molecule has 0 aliphatic carbocycles. The van der Waals surface area contributed by atoms with Crippen molar-refractivity contribution in [2.45, 2.75) is 6.92 Å². The van der Waals surface area contributed by atoms with Gasteiger partial charge >= 0.3 is 0 Å². The first-order valence-electron chi connectivity index (χ1n) is 5.33. The number of phenolic OH excluding ortho intramolecular Hbond substituents is 1. The molecule has 0 saturated heterocycles. The molecule has 1 aromatic heterocycles. The lowest BCUT2D eigenvalue weighted by atomic mass is 10.2. The van der Waals surface area contributed by atoms with Crippen molar-refractivity contribution in [3.63, 3.8) is 0 Å². The summed E-state index contributed by atoms with van der Waals surface area (Å²) < 4.78 is 0. The largest absolute Gasteiger partial charge is 0.506 e. The lowest BCUT2D eigenvalue weighted by molar-refractivity contribution is 0.101. The predicted molar refractivity (Wildman–Crippen MR) is 66.7 cm³/mol. The maximum Gasteiger partial charge on any atom is 0.278 e. The third-order valence-corrected chi connectivity index (χ3v) is 2.49. The second-order valence-electron chi connectivity index (χ2n) is 3.79. The van der Waals surface area contributed by atoms with Crippen LogP contribution < -0.4 is 5.32 Å². The number of anilines is 1. The van der Waals surface area contributed by atoms with Crippen LogP contribution in [0.5, 0.6) is 11.5 Å². The number of hydrogen-bond acceptors (Lipinski definition) is 4. The Balaban J connectivity index is 2.30. The van der Waals surface area contributed by atoms with Gasteiger partial charge in [-0.15, -0.1) is 0 Å². The zero-order valence-electron chi connectivity index (χ0n) is 9.71. The lowest BCUT2D eigenvalue weighted by Crippen LogP contribution is -2.14. The Hall–Kier alpha value is -2.56. The first-order valence-corrected chi connectivity index (χ1v) is 5.33. The van der Waals surface area contributed by atoms with Crippen molar-refractivity contribution in [3.8, 4) is 11.5 Å². The summed E-state index contributed by atoms with van der Waals surface area (Å²) >= 11 is 0. The van der Waals surface area contributed by atoms with E-state index < -0.39 is 5.91 Å². The van der Waals surface area contributed by atoms with Crippen molar-refractivity contribution in [2.75, 3.05) is 5.32 Å². The van der Waals surface area contributed by atoms with Gasteiger partial charge in [0.05, 0.1) is 5.69 Å². The molecular weight excluding hydrogens is 232 g/mol. The van der Waals surface area contributed by atoms with Crippen molar-refractivity contribution in [1.82, 2.24) is 4.98 Å². The monoisotopic (exact) mass is 244 g/mol. The molecule has 0 aliphatic rings. The summed E-state index contributed by atoms with van der Waals surface area (Å²) in [6.45, 7) is 1.76. The van der Waals surface area contributed by atoms with E-state index in [2.05, 4.69) is 10.3 Å². The first-order chi connectivity index (χ1) is 8.59. The highest BCUT2D eigenvalue weighted by atomic mass is 16.3. The van der Waals surface area contributed by atoms with Gasteiger partial charge in [-0.2, -0.15) is 0 Å². The molecule has 5 heteroatoms. The van der Waals surface area contributed by atoms with Gasteiger partial charge in [0.1, 0.15) is 11.5 Å². The third kappa shape index (κ3) is 2.24. The summed E-state index contributed by atoms with van der Waals surface area (Å²) in [6, 6.07) is 7.81. The number of carbonyl (C=O) groups is 1. The summed E-state index contributed by atoms with van der Waals surface area (Å²) in [7, 11) is 0. The number of benzene rings is 1. The fourth-order valence-corrected chi connectivity index (χ4v) is 1.56. The van der Waals surface area contributed by atoms with Crippen LogP contribution >= 0.6 is 0 Å². The molecule has 0 atom stereocenters. The van der Waals surface area contributed by atoms with Crippen LogP contribution in [0.2, 0.25) is 0 Å². The van der Waals surface area contributed by atoms with Crippen molar-refractivity contribution < 1.29 is 15.0 Å². The molecule has 0 radical (unpaired) electrons. The number of aryl methyl sites for hydroxylation is 1. The molecule has 0 fully saturated rings. The van der Waals surface area contributed by atoms with Crippen molar-refractivity contribution in [2.24, 2.45) is 0 Å². The highest BCUT2D eigenvalue weighted by Gasteiger charge is 2.15. The molecule has 3 N–H and O–H groups in total. The number of hydrogen-bond donors (Lipinski definition) is 3. The van der Waals surface area contributed by atoms with E-state index in [0.29, 0.717) is 5.69 Å². The standard InChI is InChI=1S/C13H12N2O3/c1-8-4-2-5-9(16)11(8)15-13(18)12-10(17)6-3-7-14-12/h2-7,16-17H,1H3,(H,15,18). The summed E-state index contributed by atoms with van der Waals surface area (Å²) in [6.07, 6.45) is 1.41. The van der Waals surface area contributed by atoms with E-state index in [-0.39, 0.29) is 17.2 Å². The molecule has 2 rings (SSSR count). The molecule has 0 bridgehead atoms. The lowest BCUT2D eigenvalue weighted by Gasteiger charge is -2.10. The van der Waals surface area contributed by atoms with Gasteiger partial charge in [0.15, 0.2) is 5.69 Å². The van der Waals surface area contributed by atoms with Gasteiger partial charge in [-0.1, -0.05) is 12.1 Å². The minimum Gasteiger partial charge on any atom is -0.506 e. The van der Waals surface area contributed by atoms with E-state index in [1.165, 1.54) is 24.4 Å². The molecular formula is C13H12N2O3. The van der Waals surface area contributed by atoms with Gasteiger partial charge in [-0.05, 0) is 30.7 Å². The Morgan fingerprint density at radius 2 is 1.89 bits per heavy atom. The Kier molecular flexibility index (Phi) is 3.14. The fourth-order valence-electron chi connectivity index (χ4n) is 1.56. The zero-order chi connectivity index (χ0) is 13.1. The molecule has 5 nitrogen and oxygen atoms in total. The SMILES string of the molecule is Cc1cccc(O)c1NC(=O)c1ncccc1O. The van der Waals surface area contributed by atoms with E-state index in [1.54, 1.807) is 19.1 Å². The number of pyridine rings is 1. The number of carbonyl (C=O) groups excluding carboxylic acids is 1. The summed E-state index contributed by atoms with van der Waals surface area (Å²) in [5.74, 6) is -0.806. The van der Waals surface area contributed by atoms with Crippen LogP contribution in [0.3, 0.4) is 0 Å². The van der Waals surface area contributed by atoms with E-state index in [4.69, 9.17) is 0 Å². The van der Waals surface area contributed by atoms with Crippen LogP contribution in [0.4, 0.5) is 5.69 Å². The Morgan fingerprint density at radius 1 is 1.17 bits per heavy atom. The Labute approximate surface area is 104 Å². The number of aromatic hydroxyl groups is 2. The van der Waals surface area contributed by atoms with Crippen LogP contribution in [-0.4, -0.2) is 21.1 Å². The average Bonchev–Trinajstić information content (AvgIpc) is 2.34. The van der Waals surface area contributed by atoms with E-state index in [0.717, 1.165) is 5.56 Å². The van der Waals surface area contributed by atoms with Gasteiger partial charge in [0, 0.05) is 6.20 Å². The van der Waals surface area contributed by atoms with E-state index >= 15 is 0 Å². The molecule has 0 saturated carbocycles. The molecule has 1 heterocycles. The highest BCUT2D eigenvalue weighted by Crippen LogP contribution is 2.27. The van der Waals surface area contributed by atoms with Crippen molar-refractivity contribution in [1.29, 1.82) is 0 Å². The van der Waals surface area contributed by atoms with Crippen molar-refractivity contribution in [3.05, 3.63) is 47.8 Å². The topological polar surface area (TPSA) is 82.5 Å². The average molecular weight is 244 g/mol. The molecule has 18 heavy (non-hydrogen) atoms. The van der Waals surface area contributed by atoms with Crippen LogP contribution in [0, 0.1) is 6.92 Å². The Bertz CT molecular complexity index is 576. The second kappa shape index (κ2) is 4.75. The predicted octanol–water partition coefficient (Wildman–Crippen LogP) is 2.05. The first kappa shape index (κ1) is 11.9. The highest BCUT2D eigenvalue weighted by molar-refractivity contribution is 6.05. The van der Waals surface area contributed by atoms with E-state index in [9.17, 15) is 15.0 Å². The second-order valence-corrected chi connectivity index (χ2v) is 3.79. The summed E-state index contributed by atoms with van der Waals surface area (Å²) in [5.41, 5.74) is 0.950. The normalized spacial score (nSPS) is 10.1. The number of para-hydroxylation sites is 1. The molecule has 0 spiro atoms.